The minimum atomic E-state index is -1.16. The van der Waals surface area contributed by atoms with Gasteiger partial charge in [0.05, 0.1) is 21.7 Å². The topological polar surface area (TPSA) is 63.3 Å². The molecule has 0 spiro atoms. The Morgan fingerprint density at radius 2 is 1.58 bits per heavy atom. The predicted octanol–water partition coefficient (Wildman–Crippen LogP) is 6.14. The molecule has 2 aromatic heterocycles. The van der Waals surface area contributed by atoms with Crippen LogP contribution in [0.25, 0.3) is 22.6 Å². The van der Waals surface area contributed by atoms with Crippen molar-refractivity contribution in [1.82, 2.24) is 19.3 Å². The van der Waals surface area contributed by atoms with Gasteiger partial charge in [-0.3, -0.25) is 4.57 Å². The molecule has 7 nitrogen and oxygen atoms in total. The van der Waals surface area contributed by atoms with Crippen LogP contribution in [-0.2, 0) is 22.9 Å². The van der Waals surface area contributed by atoms with E-state index in [9.17, 15) is 0 Å². The van der Waals surface area contributed by atoms with Gasteiger partial charge in [0.25, 0.3) is 0 Å². The maximum absolute atomic E-state index is 6.11. The highest BCUT2D eigenvalue weighted by atomic mass is 127. The zero-order chi connectivity index (χ0) is 24.2. The van der Waals surface area contributed by atoms with Crippen LogP contribution in [-0.4, -0.2) is 55.8 Å². The summed E-state index contributed by atoms with van der Waals surface area (Å²) in [5, 5.41) is 4.81. The van der Waals surface area contributed by atoms with E-state index in [1.807, 2.05) is 29.1 Å². The van der Waals surface area contributed by atoms with Gasteiger partial charge in [-0.1, -0.05) is 39.3 Å². The van der Waals surface area contributed by atoms with E-state index in [0.29, 0.717) is 13.5 Å². The highest BCUT2D eigenvalue weighted by molar-refractivity contribution is 14.1. The van der Waals surface area contributed by atoms with Gasteiger partial charge in [0, 0.05) is 41.6 Å². The quantitative estimate of drug-likeness (QED) is 0.142. The predicted molar refractivity (Wildman–Crippen MR) is 148 cm³/mol. The maximum Gasteiger partial charge on any atom is 0.164 e. The van der Waals surface area contributed by atoms with Gasteiger partial charge in [-0.05, 0) is 46.8 Å². The lowest BCUT2D eigenvalue weighted by molar-refractivity contribution is 0.0785. The molecule has 3 rings (SSSR count). The van der Waals surface area contributed by atoms with Crippen molar-refractivity contribution in [3.8, 4) is 17.3 Å². The van der Waals surface area contributed by atoms with Crippen molar-refractivity contribution >= 4 is 49.8 Å². The van der Waals surface area contributed by atoms with Crippen LogP contribution in [0.5, 0.6) is 5.75 Å². The first-order valence-corrected chi connectivity index (χ1v) is 19.9. The second kappa shape index (κ2) is 11.0. The molecule has 10 heteroatoms. The fourth-order valence-electron chi connectivity index (χ4n) is 3.23. The van der Waals surface area contributed by atoms with E-state index in [1.54, 1.807) is 7.11 Å². The molecule has 1 aromatic carbocycles. The van der Waals surface area contributed by atoms with Crippen molar-refractivity contribution in [3.05, 3.63) is 28.0 Å². The molecule has 0 saturated heterocycles. The number of halogens is 1. The van der Waals surface area contributed by atoms with Crippen LogP contribution in [0.4, 0.5) is 0 Å². The third-order valence-electron chi connectivity index (χ3n) is 5.32. The highest BCUT2D eigenvalue weighted by Gasteiger charge is 2.20. The summed E-state index contributed by atoms with van der Waals surface area (Å²) in [6.45, 7) is 16.5. The summed E-state index contributed by atoms with van der Waals surface area (Å²) >= 11 is 2.32. The average Bonchev–Trinajstić information content (AvgIpc) is 3.26. The Labute approximate surface area is 213 Å². The van der Waals surface area contributed by atoms with Crippen LogP contribution in [0.15, 0.2) is 24.4 Å². The summed E-state index contributed by atoms with van der Waals surface area (Å²) in [4.78, 5) is 4.91. The first-order valence-electron chi connectivity index (χ1n) is 11.4. The van der Waals surface area contributed by atoms with Crippen molar-refractivity contribution < 1.29 is 14.2 Å². The van der Waals surface area contributed by atoms with Gasteiger partial charge in [0.2, 0.25) is 0 Å². The molecule has 0 amide bonds. The molecular formula is C23H37IN4O3Si2. The molecular weight excluding hydrogens is 563 g/mol. The molecule has 0 aliphatic carbocycles. The molecule has 0 fully saturated rings. The van der Waals surface area contributed by atoms with E-state index in [0.717, 1.165) is 57.2 Å². The molecule has 182 valence electrons. The molecule has 2 heterocycles. The fraction of sp³-hybridized carbons (Fsp3) is 0.565. The van der Waals surface area contributed by atoms with Crippen molar-refractivity contribution in [1.29, 1.82) is 0 Å². The highest BCUT2D eigenvalue weighted by Crippen LogP contribution is 2.29. The largest absolute Gasteiger partial charge is 0.497 e. The van der Waals surface area contributed by atoms with Gasteiger partial charge >= 0.3 is 0 Å². The minimum Gasteiger partial charge on any atom is -0.497 e. The number of ether oxygens (including phenoxy) is 3. The fourth-order valence-corrected chi connectivity index (χ4v) is 5.41. The van der Waals surface area contributed by atoms with E-state index < -0.39 is 16.1 Å². The lowest BCUT2D eigenvalue weighted by Gasteiger charge is -2.16. The Bertz CT molecular complexity index is 1070. The van der Waals surface area contributed by atoms with Gasteiger partial charge < -0.3 is 14.2 Å². The van der Waals surface area contributed by atoms with E-state index >= 15 is 0 Å². The van der Waals surface area contributed by atoms with Crippen molar-refractivity contribution in [2.75, 3.05) is 20.3 Å². The van der Waals surface area contributed by atoms with Crippen LogP contribution in [0.3, 0.4) is 0 Å². The Morgan fingerprint density at radius 1 is 0.939 bits per heavy atom. The number of aromatic nitrogens is 4. The molecule has 3 aromatic rings. The normalized spacial score (nSPS) is 12.6. The van der Waals surface area contributed by atoms with Crippen LogP contribution < -0.4 is 4.74 Å². The Kier molecular flexibility index (Phi) is 8.81. The summed E-state index contributed by atoms with van der Waals surface area (Å²) in [6, 6.07) is 8.20. The lowest BCUT2D eigenvalue weighted by atomic mass is 10.3. The number of hydrogen-bond acceptors (Lipinski definition) is 5. The number of methoxy groups -OCH3 is 1. The number of imidazole rings is 1. The zero-order valence-electron chi connectivity index (χ0n) is 20.9. The van der Waals surface area contributed by atoms with Gasteiger partial charge in [0.15, 0.2) is 5.82 Å². The second-order valence-corrected chi connectivity index (χ2v) is 23.2. The Morgan fingerprint density at radius 3 is 2.18 bits per heavy atom. The molecule has 0 saturated carbocycles. The Balaban J connectivity index is 1.84. The molecule has 0 bridgehead atoms. The molecule has 0 aliphatic heterocycles. The summed E-state index contributed by atoms with van der Waals surface area (Å²) in [7, 11) is -0.584. The van der Waals surface area contributed by atoms with Gasteiger partial charge in [-0.2, -0.15) is 5.10 Å². The number of rotatable bonds is 12. The first kappa shape index (κ1) is 26.4. The van der Waals surface area contributed by atoms with Gasteiger partial charge in [0.1, 0.15) is 24.9 Å². The number of nitrogens with zero attached hydrogens (tertiary/aromatic N) is 4. The lowest BCUT2D eigenvalue weighted by Crippen LogP contribution is -2.22. The molecule has 0 N–H and O–H groups in total. The van der Waals surface area contributed by atoms with Crippen molar-refractivity contribution in [2.24, 2.45) is 0 Å². The smallest absolute Gasteiger partial charge is 0.164 e. The third-order valence-corrected chi connectivity index (χ3v) is 9.52. The number of fused-ring (bicyclic) bond motifs is 1. The summed E-state index contributed by atoms with van der Waals surface area (Å²) in [5.41, 5.74) is 2.72. The standard InChI is InChI=1S/C23H37IN4O3Si2/c1-29-18-8-9-20-21(14-18)28(17-31-11-13-33(5,6)7)23(25-20)22-19(24)15-27(26-22)16-30-10-12-32(2,3)4/h8-9,14-15H,10-13,16-17H2,1-7H3. The molecule has 0 radical (unpaired) electrons. The van der Waals surface area contributed by atoms with Gasteiger partial charge in [-0.15, -0.1) is 0 Å². The minimum absolute atomic E-state index is 0.430. The number of benzene rings is 1. The SMILES string of the molecule is COc1ccc2nc(-c3nn(COCC[Si](C)(C)C)cc3I)n(COCC[Si](C)(C)C)c2c1. The molecule has 0 aliphatic rings. The molecule has 0 unspecified atom stereocenters. The van der Waals surface area contributed by atoms with Gasteiger partial charge in [-0.25, -0.2) is 9.67 Å². The molecule has 33 heavy (non-hydrogen) atoms. The first-order chi connectivity index (χ1) is 15.5. The van der Waals surface area contributed by atoms with Crippen LogP contribution in [0.1, 0.15) is 0 Å². The van der Waals surface area contributed by atoms with Crippen molar-refractivity contribution in [2.45, 2.75) is 64.8 Å². The third kappa shape index (κ3) is 7.64. The summed E-state index contributed by atoms with van der Waals surface area (Å²) < 4.78 is 22.5. The van der Waals surface area contributed by atoms with E-state index in [2.05, 4.69) is 66.4 Å². The van der Waals surface area contributed by atoms with E-state index in [-0.39, 0.29) is 0 Å². The zero-order valence-corrected chi connectivity index (χ0v) is 25.1. The van der Waals surface area contributed by atoms with Crippen molar-refractivity contribution in [3.63, 3.8) is 0 Å². The summed E-state index contributed by atoms with van der Waals surface area (Å²) in [6.07, 6.45) is 2.01. The average molecular weight is 601 g/mol. The Hall–Kier alpha value is -1.22. The molecule has 0 atom stereocenters. The van der Waals surface area contributed by atoms with Crippen LogP contribution >= 0.6 is 22.6 Å². The number of hydrogen-bond donors (Lipinski definition) is 0. The van der Waals surface area contributed by atoms with E-state index in [4.69, 9.17) is 24.3 Å². The maximum atomic E-state index is 6.11. The second-order valence-electron chi connectivity index (χ2n) is 10.8. The monoisotopic (exact) mass is 600 g/mol. The summed E-state index contributed by atoms with van der Waals surface area (Å²) in [5.74, 6) is 1.60. The van der Waals surface area contributed by atoms with Crippen LogP contribution in [0.2, 0.25) is 51.4 Å². The van der Waals surface area contributed by atoms with Crippen LogP contribution in [0, 0.1) is 3.57 Å². The van der Waals surface area contributed by atoms with E-state index in [1.165, 1.54) is 0 Å².